The Morgan fingerprint density at radius 3 is 2.27 bits per heavy atom. The minimum Gasteiger partial charge on any atom is -0.309 e. The third-order valence-electron chi connectivity index (χ3n) is 3.17. The smallest absolute Gasteiger partial charge is 0.151 e. The summed E-state index contributed by atoms with van der Waals surface area (Å²) in [6.07, 6.45) is 1.23. The Morgan fingerprint density at radius 2 is 1.64 bits per heavy atom. The average molecular weight is 314 g/mol. The van der Waals surface area contributed by atoms with Crippen molar-refractivity contribution in [3.05, 3.63) is 70.8 Å². The lowest BCUT2D eigenvalue weighted by Crippen LogP contribution is -2.12. The van der Waals surface area contributed by atoms with Crippen LogP contribution in [0.25, 0.3) is 0 Å². The lowest BCUT2D eigenvalue weighted by atomic mass is 10.1. The van der Waals surface area contributed by atoms with Crippen LogP contribution in [0.5, 0.6) is 0 Å². The van der Waals surface area contributed by atoms with Crippen molar-refractivity contribution < 1.29 is 8.42 Å². The zero-order valence-electron chi connectivity index (χ0n) is 12.4. The van der Waals surface area contributed by atoms with Gasteiger partial charge >= 0.3 is 0 Å². The van der Waals surface area contributed by atoms with E-state index in [1.165, 1.54) is 6.26 Å². The van der Waals surface area contributed by atoms with E-state index in [2.05, 4.69) is 11.4 Å². The van der Waals surface area contributed by atoms with Crippen LogP contribution in [0.15, 0.2) is 48.5 Å². The highest BCUT2D eigenvalue weighted by Crippen LogP contribution is 2.08. The van der Waals surface area contributed by atoms with E-state index >= 15 is 0 Å². The highest BCUT2D eigenvalue weighted by molar-refractivity contribution is 7.89. The number of hydrogen-bond acceptors (Lipinski definition) is 4. The number of sulfone groups is 1. The maximum Gasteiger partial charge on any atom is 0.151 e. The van der Waals surface area contributed by atoms with Crippen LogP contribution < -0.4 is 5.32 Å². The van der Waals surface area contributed by atoms with Gasteiger partial charge in [-0.15, -0.1) is 0 Å². The van der Waals surface area contributed by atoms with Gasteiger partial charge < -0.3 is 5.32 Å². The second kappa shape index (κ2) is 7.21. The molecule has 0 radical (unpaired) electrons. The summed E-state index contributed by atoms with van der Waals surface area (Å²) < 4.78 is 22.5. The molecular formula is C17H18N2O2S. The van der Waals surface area contributed by atoms with Crippen LogP contribution in [-0.2, 0) is 28.7 Å². The molecule has 2 aromatic rings. The summed E-state index contributed by atoms with van der Waals surface area (Å²) in [5, 5.41) is 12.2. The van der Waals surface area contributed by atoms with Crippen molar-refractivity contribution in [2.24, 2.45) is 0 Å². The lowest BCUT2D eigenvalue weighted by molar-refractivity contribution is 0.601. The van der Waals surface area contributed by atoms with Crippen molar-refractivity contribution in [2.75, 3.05) is 6.26 Å². The maximum absolute atomic E-state index is 11.2. The van der Waals surface area contributed by atoms with E-state index in [4.69, 9.17) is 5.26 Å². The second-order valence-corrected chi connectivity index (χ2v) is 7.44. The van der Waals surface area contributed by atoms with Crippen molar-refractivity contribution in [1.82, 2.24) is 5.32 Å². The molecule has 2 rings (SSSR count). The predicted octanol–water partition coefficient (Wildman–Crippen LogP) is 2.39. The summed E-state index contributed by atoms with van der Waals surface area (Å²) >= 11 is 0. The molecular weight excluding hydrogens is 296 g/mol. The molecule has 0 saturated heterocycles. The highest BCUT2D eigenvalue weighted by atomic mass is 32.2. The van der Waals surface area contributed by atoms with E-state index in [9.17, 15) is 8.42 Å². The summed E-state index contributed by atoms with van der Waals surface area (Å²) in [6.45, 7) is 1.37. The van der Waals surface area contributed by atoms with Gasteiger partial charge in [-0.25, -0.2) is 8.42 Å². The summed E-state index contributed by atoms with van der Waals surface area (Å²) in [6, 6.07) is 17.2. The van der Waals surface area contributed by atoms with Gasteiger partial charge in [0.25, 0.3) is 0 Å². The van der Waals surface area contributed by atoms with Crippen molar-refractivity contribution in [3.63, 3.8) is 0 Å². The van der Waals surface area contributed by atoms with Crippen LogP contribution in [0.4, 0.5) is 0 Å². The van der Waals surface area contributed by atoms with E-state index in [0.29, 0.717) is 18.7 Å². The number of benzene rings is 2. The Bertz CT molecular complexity index is 775. The highest BCUT2D eigenvalue weighted by Gasteiger charge is 2.04. The molecule has 4 nitrogen and oxygen atoms in total. The van der Waals surface area contributed by atoms with Crippen LogP contribution in [0.1, 0.15) is 22.3 Å². The Labute approximate surface area is 131 Å². The standard InChI is InChI=1S/C17H18N2O2S/c1-22(20,21)13-15-7-5-14(6-8-15)11-19-12-17-4-2-3-16(9-17)10-18/h2-9,19H,11-13H2,1H3. The summed E-state index contributed by atoms with van der Waals surface area (Å²) in [5.41, 5.74) is 3.61. The SMILES string of the molecule is CS(=O)(=O)Cc1ccc(CNCc2cccc(C#N)c2)cc1. The number of hydrogen-bond donors (Lipinski definition) is 1. The lowest BCUT2D eigenvalue weighted by Gasteiger charge is -2.06. The van der Waals surface area contributed by atoms with Gasteiger partial charge in [-0.1, -0.05) is 36.4 Å². The molecule has 114 valence electrons. The number of rotatable bonds is 6. The minimum absolute atomic E-state index is 0.0711. The third-order valence-corrected chi connectivity index (χ3v) is 4.02. The Hall–Kier alpha value is -2.16. The van der Waals surface area contributed by atoms with Gasteiger partial charge in [0.1, 0.15) is 0 Å². The van der Waals surface area contributed by atoms with Crippen LogP contribution in [0.2, 0.25) is 0 Å². The van der Waals surface area contributed by atoms with Gasteiger partial charge in [0.15, 0.2) is 9.84 Å². The summed E-state index contributed by atoms with van der Waals surface area (Å²) in [4.78, 5) is 0. The molecule has 0 aliphatic carbocycles. The second-order valence-electron chi connectivity index (χ2n) is 5.30. The van der Waals surface area contributed by atoms with Crippen LogP contribution in [-0.4, -0.2) is 14.7 Å². The number of nitrogens with zero attached hydrogens (tertiary/aromatic N) is 1. The molecule has 0 unspecified atom stereocenters. The molecule has 0 bridgehead atoms. The maximum atomic E-state index is 11.2. The van der Waals surface area contributed by atoms with Crippen LogP contribution in [0.3, 0.4) is 0 Å². The largest absolute Gasteiger partial charge is 0.309 e. The van der Waals surface area contributed by atoms with Crippen molar-refractivity contribution in [3.8, 4) is 6.07 Å². The fourth-order valence-corrected chi connectivity index (χ4v) is 2.96. The Balaban J connectivity index is 1.88. The quantitative estimate of drug-likeness (QED) is 0.889. The first-order valence-corrected chi connectivity index (χ1v) is 8.97. The van der Waals surface area contributed by atoms with E-state index < -0.39 is 9.84 Å². The molecule has 0 atom stereocenters. The first kappa shape index (κ1) is 16.2. The molecule has 0 spiro atoms. The van der Waals surface area contributed by atoms with Gasteiger partial charge in [0, 0.05) is 19.3 Å². The van der Waals surface area contributed by atoms with E-state index in [-0.39, 0.29) is 5.75 Å². The molecule has 22 heavy (non-hydrogen) atoms. The molecule has 0 saturated carbocycles. The molecule has 0 amide bonds. The van der Waals surface area contributed by atoms with E-state index in [1.54, 1.807) is 6.07 Å². The fourth-order valence-electron chi connectivity index (χ4n) is 2.16. The number of nitrogens with one attached hydrogen (secondary N) is 1. The van der Waals surface area contributed by atoms with Crippen LogP contribution >= 0.6 is 0 Å². The van der Waals surface area contributed by atoms with E-state index in [0.717, 1.165) is 16.7 Å². The average Bonchev–Trinajstić information content (AvgIpc) is 2.48. The van der Waals surface area contributed by atoms with Crippen LogP contribution in [0, 0.1) is 11.3 Å². The topological polar surface area (TPSA) is 70.0 Å². The fraction of sp³-hybridized carbons (Fsp3) is 0.235. The molecule has 0 aliphatic rings. The zero-order chi connectivity index (χ0) is 16.0. The molecule has 2 aromatic carbocycles. The number of nitriles is 1. The summed E-state index contributed by atoms with van der Waals surface area (Å²) in [5.74, 6) is 0.0711. The van der Waals surface area contributed by atoms with Crippen molar-refractivity contribution >= 4 is 9.84 Å². The first-order chi connectivity index (χ1) is 10.5. The van der Waals surface area contributed by atoms with E-state index in [1.807, 2.05) is 42.5 Å². The van der Waals surface area contributed by atoms with Crippen molar-refractivity contribution in [1.29, 1.82) is 5.26 Å². The molecule has 0 aromatic heterocycles. The van der Waals surface area contributed by atoms with Gasteiger partial charge in [-0.2, -0.15) is 5.26 Å². The van der Waals surface area contributed by atoms with Gasteiger partial charge in [0.05, 0.1) is 17.4 Å². The van der Waals surface area contributed by atoms with Gasteiger partial charge in [0.2, 0.25) is 0 Å². The Kier molecular flexibility index (Phi) is 5.31. The summed E-state index contributed by atoms with van der Waals surface area (Å²) in [7, 11) is -2.99. The molecule has 5 heteroatoms. The van der Waals surface area contributed by atoms with Crippen molar-refractivity contribution in [2.45, 2.75) is 18.8 Å². The molecule has 1 N–H and O–H groups in total. The van der Waals surface area contributed by atoms with Gasteiger partial charge in [-0.3, -0.25) is 0 Å². The molecule has 0 fully saturated rings. The Morgan fingerprint density at radius 1 is 1.00 bits per heavy atom. The normalized spacial score (nSPS) is 11.1. The molecule has 0 aliphatic heterocycles. The minimum atomic E-state index is -2.99. The zero-order valence-corrected chi connectivity index (χ0v) is 13.2. The molecule has 0 heterocycles. The van der Waals surface area contributed by atoms with Gasteiger partial charge in [-0.05, 0) is 28.8 Å². The predicted molar refractivity (Wildman–Crippen MR) is 86.7 cm³/mol. The third kappa shape index (κ3) is 5.32. The first-order valence-electron chi connectivity index (χ1n) is 6.91. The monoisotopic (exact) mass is 314 g/mol.